The molecular formula is C62H115O2. The number of allylic oxidation sites excluding steroid dienone is 6. The molecule has 0 amide bonds. The number of hydrogen-bond acceptors (Lipinski definition) is 2. The van der Waals surface area contributed by atoms with Crippen LogP contribution in [0, 0.1) is 12.3 Å². The highest BCUT2D eigenvalue weighted by Gasteiger charge is 2.25. The van der Waals surface area contributed by atoms with Crippen LogP contribution in [-0.2, 0) is 9.59 Å². The van der Waals surface area contributed by atoms with Crippen LogP contribution in [-0.4, -0.2) is 11.6 Å². The normalized spacial score (nSPS) is 12.1. The molecule has 0 aliphatic heterocycles. The fourth-order valence-corrected chi connectivity index (χ4v) is 9.38. The van der Waals surface area contributed by atoms with Gasteiger partial charge in [0.15, 0.2) is 0 Å². The Morgan fingerprint density at radius 3 is 0.844 bits per heavy atom. The molecule has 2 heteroatoms. The maximum Gasteiger partial charge on any atom is 0.143 e. The lowest BCUT2D eigenvalue weighted by atomic mass is 9.87. The molecule has 375 valence electrons. The highest BCUT2D eigenvalue weighted by molar-refractivity contribution is 6.03. The predicted octanol–water partition coefficient (Wildman–Crippen LogP) is 21.8. The number of carbonyl (C=O) groups excluding carboxylic acids is 2. The van der Waals surface area contributed by atoms with Crippen molar-refractivity contribution in [3.8, 4) is 0 Å². The van der Waals surface area contributed by atoms with Gasteiger partial charge in [0.25, 0.3) is 0 Å². The number of unbranched alkanes of at least 4 members (excludes halogenated alkanes) is 41. The number of carbonyl (C=O) groups is 2. The van der Waals surface area contributed by atoms with E-state index in [1.165, 1.54) is 238 Å². The smallest absolute Gasteiger partial charge is 0.143 e. The van der Waals surface area contributed by atoms with E-state index in [0.717, 1.165) is 64.2 Å². The third-order valence-electron chi connectivity index (χ3n) is 13.8. The summed E-state index contributed by atoms with van der Waals surface area (Å²) in [5.74, 6) is -0.0507. The minimum Gasteiger partial charge on any atom is -0.299 e. The number of hydrogen-bond donors (Lipinski definition) is 0. The highest BCUT2D eigenvalue weighted by atomic mass is 16.1. The van der Waals surface area contributed by atoms with Crippen LogP contribution in [0.2, 0.25) is 0 Å². The Morgan fingerprint density at radius 1 is 0.281 bits per heavy atom. The number of rotatable bonds is 55. The van der Waals surface area contributed by atoms with E-state index < -0.39 is 5.92 Å². The monoisotopic (exact) mass is 892 g/mol. The first-order valence-electron chi connectivity index (χ1n) is 29.5. The van der Waals surface area contributed by atoms with Gasteiger partial charge in [-0.1, -0.05) is 308 Å². The molecule has 0 rings (SSSR count). The third-order valence-corrected chi connectivity index (χ3v) is 13.8. The molecule has 0 unspecified atom stereocenters. The van der Waals surface area contributed by atoms with E-state index in [4.69, 9.17) is 0 Å². The summed E-state index contributed by atoms with van der Waals surface area (Å²) in [5, 5.41) is 0. The molecule has 0 heterocycles. The van der Waals surface area contributed by atoms with Gasteiger partial charge < -0.3 is 0 Å². The SMILES string of the molecule is CC/C=C\C/C=C\C/C=C\CCCCCC[CH]C(C(=O)CCCCCCCCCCCCCCCCCCCCC)C(=O)CCCCCCCCCCCCCCCCCCCCC. The predicted molar refractivity (Wildman–Crippen MR) is 288 cm³/mol. The first-order valence-corrected chi connectivity index (χ1v) is 29.5. The first-order chi connectivity index (χ1) is 31.7. The van der Waals surface area contributed by atoms with Crippen LogP contribution in [0.1, 0.15) is 335 Å². The average Bonchev–Trinajstić information content (AvgIpc) is 3.30. The molecule has 0 saturated heterocycles. The molecule has 0 atom stereocenters. The van der Waals surface area contributed by atoms with Crippen molar-refractivity contribution >= 4 is 11.6 Å². The van der Waals surface area contributed by atoms with Crippen LogP contribution in [0.3, 0.4) is 0 Å². The van der Waals surface area contributed by atoms with Crippen LogP contribution in [0.5, 0.6) is 0 Å². The van der Waals surface area contributed by atoms with E-state index in [2.05, 4.69) is 63.6 Å². The minimum atomic E-state index is -0.459. The summed E-state index contributed by atoms with van der Waals surface area (Å²) in [7, 11) is 0. The van der Waals surface area contributed by atoms with E-state index in [9.17, 15) is 9.59 Å². The van der Waals surface area contributed by atoms with Crippen LogP contribution >= 0.6 is 0 Å². The van der Waals surface area contributed by atoms with Gasteiger partial charge in [-0.25, -0.2) is 0 Å². The summed E-state index contributed by atoms with van der Waals surface area (Å²) in [6, 6.07) is 0. The molecule has 0 aromatic carbocycles. The van der Waals surface area contributed by atoms with Crippen LogP contribution in [0.4, 0.5) is 0 Å². The maximum atomic E-state index is 13.5. The van der Waals surface area contributed by atoms with Gasteiger partial charge in [-0.3, -0.25) is 9.59 Å². The topological polar surface area (TPSA) is 34.1 Å². The summed E-state index contributed by atoms with van der Waals surface area (Å²) in [6.07, 6.45) is 78.5. The lowest BCUT2D eigenvalue weighted by molar-refractivity contribution is -0.131. The molecule has 0 aromatic rings. The minimum absolute atomic E-state index is 0.204. The molecule has 0 N–H and O–H groups in total. The lowest BCUT2D eigenvalue weighted by Gasteiger charge is -2.15. The Bertz CT molecular complexity index is 950. The van der Waals surface area contributed by atoms with Crippen molar-refractivity contribution in [1.82, 2.24) is 0 Å². The van der Waals surface area contributed by atoms with Crippen LogP contribution in [0.15, 0.2) is 36.5 Å². The van der Waals surface area contributed by atoms with Crippen molar-refractivity contribution < 1.29 is 9.59 Å². The molecule has 2 nitrogen and oxygen atoms in total. The molecular weight excluding hydrogens is 777 g/mol. The lowest BCUT2D eigenvalue weighted by Crippen LogP contribution is -2.24. The quantitative estimate of drug-likeness (QED) is 0.0346. The fourth-order valence-electron chi connectivity index (χ4n) is 9.38. The Labute approximate surface area is 403 Å². The second kappa shape index (κ2) is 55.9. The van der Waals surface area contributed by atoms with Crippen LogP contribution in [0.25, 0.3) is 0 Å². The van der Waals surface area contributed by atoms with E-state index in [-0.39, 0.29) is 11.6 Å². The Hall–Kier alpha value is -1.44. The Kier molecular flexibility index (Phi) is 54.6. The summed E-state index contributed by atoms with van der Waals surface area (Å²) in [6.45, 7) is 6.77. The van der Waals surface area contributed by atoms with Gasteiger partial charge >= 0.3 is 0 Å². The molecule has 0 bridgehead atoms. The summed E-state index contributed by atoms with van der Waals surface area (Å²) < 4.78 is 0. The van der Waals surface area contributed by atoms with Gasteiger partial charge in [-0.15, -0.1) is 0 Å². The van der Waals surface area contributed by atoms with Crippen molar-refractivity contribution in [2.45, 2.75) is 335 Å². The summed E-state index contributed by atoms with van der Waals surface area (Å²) in [5.41, 5.74) is 0. The van der Waals surface area contributed by atoms with Gasteiger partial charge in [-0.05, 0) is 57.8 Å². The Morgan fingerprint density at radius 2 is 0.531 bits per heavy atom. The first kappa shape index (κ1) is 62.6. The molecule has 0 aromatic heterocycles. The average molecular weight is 893 g/mol. The fraction of sp³-hybridized carbons (Fsp3) is 0.855. The second-order valence-electron chi connectivity index (χ2n) is 20.2. The number of ketones is 2. The largest absolute Gasteiger partial charge is 0.299 e. The second-order valence-corrected chi connectivity index (χ2v) is 20.2. The summed E-state index contributed by atoms with van der Waals surface area (Å²) in [4.78, 5) is 27.0. The standard InChI is InChI=1S/C62H115O2/c1-4-7-10-13-16-19-22-25-28-30-32-34-37-40-43-46-49-52-55-58-61(63)60(57-54-51-48-45-42-39-36-27-24-21-18-15-12-9-6-3)62(64)59-56-53-50-47-44-41-38-35-33-31-29-26-23-20-17-14-11-8-5-2/h9,12,18,21,27,36,57,60H,4-8,10-11,13-17,19-20,22-26,28-35,37-56,58-59H2,1-3H3/b12-9-,21-18-,36-27-. The van der Waals surface area contributed by atoms with Gasteiger partial charge in [0, 0.05) is 12.8 Å². The molecule has 0 fully saturated rings. The third kappa shape index (κ3) is 50.0. The van der Waals surface area contributed by atoms with E-state index >= 15 is 0 Å². The zero-order chi connectivity index (χ0) is 46.3. The number of Topliss-reactive ketones (excluding diaryl/α,β-unsaturated/α-hetero) is 2. The van der Waals surface area contributed by atoms with Crippen molar-refractivity contribution in [3.63, 3.8) is 0 Å². The van der Waals surface area contributed by atoms with Gasteiger partial charge in [-0.2, -0.15) is 0 Å². The van der Waals surface area contributed by atoms with Crippen molar-refractivity contribution in [2.75, 3.05) is 0 Å². The van der Waals surface area contributed by atoms with Crippen molar-refractivity contribution in [3.05, 3.63) is 42.9 Å². The molecule has 64 heavy (non-hydrogen) atoms. The highest BCUT2D eigenvalue weighted by Crippen LogP contribution is 2.22. The van der Waals surface area contributed by atoms with Crippen molar-refractivity contribution in [1.29, 1.82) is 0 Å². The van der Waals surface area contributed by atoms with Crippen LogP contribution < -0.4 is 0 Å². The van der Waals surface area contributed by atoms with E-state index in [0.29, 0.717) is 12.8 Å². The molecule has 0 saturated carbocycles. The van der Waals surface area contributed by atoms with E-state index in [1.807, 2.05) is 0 Å². The Balaban J connectivity index is 4.23. The van der Waals surface area contributed by atoms with Crippen molar-refractivity contribution in [2.24, 2.45) is 5.92 Å². The zero-order valence-electron chi connectivity index (χ0n) is 44.1. The molecule has 0 spiro atoms. The van der Waals surface area contributed by atoms with Gasteiger partial charge in [0.1, 0.15) is 11.6 Å². The molecule has 0 aliphatic carbocycles. The molecule has 0 aliphatic rings. The zero-order valence-corrected chi connectivity index (χ0v) is 44.1. The summed E-state index contributed by atoms with van der Waals surface area (Å²) >= 11 is 0. The van der Waals surface area contributed by atoms with Gasteiger partial charge in [0.05, 0.1) is 5.92 Å². The van der Waals surface area contributed by atoms with E-state index in [1.54, 1.807) is 0 Å². The van der Waals surface area contributed by atoms with Gasteiger partial charge in [0.2, 0.25) is 0 Å². The molecule has 1 radical (unpaired) electrons. The maximum absolute atomic E-state index is 13.5.